The zero-order valence-corrected chi connectivity index (χ0v) is 13.4. The van der Waals surface area contributed by atoms with E-state index in [1.165, 1.54) is 0 Å². The first-order valence-corrected chi connectivity index (χ1v) is 7.93. The Hall–Kier alpha value is -3.48. The molecule has 1 amide bonds. The predicted molar refractivity (Wildman–Crippen MR) is 92.9 cm³/mol. The summed E-state index contributed by atoms with van der Waals surface area (Å²) in [5.41, 5.74) is 3.63. The molecule has 7 nitrogen and oxygen atoms in total. The van der Waals surface area contributed by atoms with Crippen molar-refractivity contribution in [3.8, 4) is 5.69 Å². The summed E-state index contributed by atoms with van der Waals surface area (Å²) >= 11 is 0. The Morgan fingerprint density at radius 1 is 1.04 bits per heavy atom. The normalized spacial score (nSPS) is 10.9. The van der Waals surface area contributed by atoms with Gasteiger partial charge in [0.1, 0.15) is 12.1 Å². The van der Waals surface area contributed by atoms with Gasteiger partial charge in [0.2, 0.25) is 5.91 Å². The summed E-state index contributed by atoms with van der Waals surface area (Å²) in [6.07, 6.45) is 3.63. The van der Waals surface area contributed by atoms with E-state index in [2.05, 4.69) is 20.7 Å². The average molecular weight is 332 g/mol. The van der Waals surface area contributed by atoms with Gasteiger partial charge in [-0.05, 0) is 35.9 Å². The molecule has 0 aliphatic rings. The topological polar surface area (TPSA) is 77.6 Å². The fourth-order valence-corrected chi connectivity index (χ4v) is 2.61. The third-order valence-electron chi connectivity index (χ3n) is 3.91. The van der Waals surface area contributed by atoms with Gasteiger partial charge in [-0.2, -0.15) is 5.10 Å². The summed E-state index contributed by atoms with van der Waals surface area (Å²) in [5, 5.41) is 15.2. The van der Waals surface area contributed by atoms with Crippen LogP contribution >= 0.6 is 0 Å². The zero-order chi connectivity index (χ0) is 17.1. The van der Waals surface area contributed by atoms with Crippen LogP contribution in [0.15, 0.2) is 67.0 Å². The second kappa shape index (κ2) is 6.56. The number of hydrogen-bond acceptors (Lipinski definition) is 4. The molecule has 2 aromatic carbocycles. The lowest BCUT2D eigenvalue weighted by molar-refractivity contribution is -0.121. The smallest absolute Gasteiger partial charge is 0.242 e. The molecule has 0 unspecified atom stereocenters. The first-order chi connectivity index (χ1) is 12.3. The van der Waals surface area contributed by atoms with Gasteiger partial charge in [0.25, 0.3) is 0 Å². The number of fused-ring (bicyclic) bond motifs is 1. The number of rotatable bonds is 5. The van der Waals surface area contributed by atoms with Crippen molar-refractivity contribution in [3.63, 3.8) is 0 Å². The number of carbonyl (C=O) groups is 1. The summed E-state index contributed by atoms with van der Waals surface area (Å²) in [6, 6.07) is 17.3. The molecular formula is C18H16N6O. The lowest BCUT2D eigenvalue weighted by Gasteiger charge is -2.07. The quantitative estimate of drug-likeness (QED) is 0.606. The highest BCUT2D eigenvalue weighted by Crippen LogP contribution is 2.10. The SMILES string of the molecule is O=C(Cn1nnc2ccccc21)NCc1ccc(-n2cccn2)cc1. The van der Waals surface area contributed by atoms with Crippen LogP contribution in [0.4, 0.5) is 0 Å². The molecule has 4 rings (SSSR count). The molecule has 0 aliphatic heterocycles. The standard InChI is InChI=1S/C18H16N6O/c25-18(13-24-17-5-2-1-4-16(17)21-22-24)19-12-14-6-8-15(9-7-14)23-11-3-10-20-23/h1-11H,12-13H2,(H,19,25). The first-order valence-electron chi connectivity index (χ1n) is 7.93. The molecule has 2 aromatic heterocycles. The Balaban J connectivity index is 1.37. The van der Waals surface area contributed by atoms with Crippen LogP contribution in [0.1, 0.15) is 5.56 Å². The largest absolute Gasteiger partial charge is 0.350 e. The van der Waals surface area contributed by atoms with Crippen LogP contribution in [0.2, 0.25) is 0 Å². The molecule has 7 heteroatoms. The van der Waals surface area contributed by atoms with E-state index < -0.39 is 0 Å². The number of hydrogen-bond donors (Lipinski definition) is 1. The van der Waals surface area contributed by atoms with Crippen molar-refractivity contribution in [2.75, 3.05) is 0 Å². The molecule has 0 radical (unpaired) electrons. The minimum absolute atomic E-state index is 0.105. The van der Waals surface area contributed by atoms with Crippen molar-refractivity contribution >= 4 is 16.9 Å². The lowest BCUT2D eigenvalue weighted by atomic mass is 10.2. The highest BCUT2D eigenvalue weighted by atomic mass is 16.2. The Bertz CT molecular complexity index is 988. The van der Waals surface area contributed by atoms with Gasteiger partial charge in [-0.1, -0.05) is 29.5 Å². The maximum Gasteiger partial charge on any atom is 0.242 e. The molecule has 0 aliphatic carbocycles. The van der Waals surface area contributed by atoms with E-state index in [9.17, 15) is 4.79 Å². The highest BCUT2D eigenvalue weighted by molar-refractivity contribution is 5.79. The molecule has 4 aromatic rings. The fourth-order valence-electron chi connectivity index (χ4n) is 2.61. The van der Waals surface area contributed by atoms with E-state index in [0.717, 1.165) is 22.3 Å². The Kier molecular flexibility index (Phi) is 3.96. The average Bonchev–Trinajstić information content (AvgIpc) is 3.31. The number of carbonyl (C=O) groups excluding carboxylic acids is 1. The van der Waals surface area contributed by atoms with Gasteiger partial charge in [0.15, 0.2) is 0 Å². The predicted octanol–water partition coefficient (Wildman–Crippen LogP) is 1.93. The molecule has 0 atom stereocenters. The molecule has 0 saturated carbocycles. The number of nitrogens with zero attached hydrogens (tertiary/aromatic N) is 5. The number of amides is 1. The minimum atomic E-state index is -0.105. The number of para-hydroxylation sites is 1. The maximum atomic E-state index is 12.2. The molecule has 124 valence electrons. The van der Waals surface area contributed by atoms with Gasteiger partial charge in [-0.15, -0.1) is 5.10 Å². The first kappa shape index (κ1) is 15.1. The second-order valence-corrected chi connectivity index (χ2v) is 5.63. The lowest BCUT2D eigenvalue weighted by Crippen LogP contribution is -2.27. The van der Waals surface area contributed by atoms with E-state index in [1.807, 2.05) is 60.8 Å². The van der Waals surface area contributed by atoms with Crippen LogP contribution in [0.25, 0.3) is 16.7 Å². The molecule has 2 heterocycles. The Morgan fingerprint density at radius 2 is 1.88 bits per heavy atom. The van der Waals surface area contributed by atoms with Crippen molar-refractivity contribution in [1.82, 2.24) is 30.1 Å². The minimum Gasteiger partial charge on any atom is -0.350 e. The summed E-state index contributed by atoms with van der Waals surface area (Å²) in [5.74, 6) is -0.105. The molecule has 25 heavy (non-hydrogen) atoms. The van der Waals surface area contributed by atoms with Crippen molar-refractivity contribution in [2.24, 2.45) is 0 Å². The number of nitrogens with one attached hydrogen (secondary N) is 1. The molecule has 0 fully saturated rings. The van der Waals surface area contributed by atoms with Crippen molar-refractivity contribution in [1.29, 1.82) is 0 Å². The van der Waals surface area contributed by atoms with Crippen LogP contribution in [-0.2, 0) is 17.9 Å². The van der Waals surface area contributed by atoms with Crippen LogP contribution in [0, 0.1) is 0 Å². The number of aromatic nitrogens is 5. The monoisotopic (exact) mass is 332 g/mol. The van der Waals surface area contributed by atoms with Crippen LogP contribution in [0.3, 0.4) is 0 Å². The van der Waals surface area contributed by atoms with E-state index in [4.69, 9.17) is 0 Å². The Morgan fingerprint density at radius 3 is 2.68 bits per heavy atom. The van der Waals surface area contributed by atoms with Gasteiger partial charge in [0.05, 0.1) is 11.2 Å². The van der Waals surface area contributed by atoms with Crippen molar-refractivity contribution in [2.45, 2.75) is 13.1 Å². The highest BCUT2D eigenvalue weighted by Gasteiger charge is 2.08. The Labute approximate surface area is 143 Å². The summed E-state index contributed by atoms with van der Waals surface area (Å²) in [4.78, 5) is 12.2. The van der Waals surface area contributed by atoms with Gasteiger partial charge < -0.3 is 5.32 Å². The molecule has 0 spiro atoms. The third-order valence-corrected chi connectivity index (χ3v) is 3.91. The van der Waals surface area contributed by atoms with Gasteiger partial charge in [-0.25, -0.2) is 9.36 Å². The molecular weight excluding hydrogens is 316 g/mol. The maximum absolute atomic E-state index is 12.2. The number of benzene rings is 2. The van der Waals surface area contributed by atoms with Crippen molar-refractivity contribution in [3.05, 3.63) is 72.6 Å². The van der Waals surface area contributed by atoms with Gasteiger partial charge >= 0.3 is 0 Å². The second-order valence-electron chi connectivity index (χ2n) is 5.63. The fraction of sp³-hybridized carbons (Fsp3) is 0.111. The molecule has 0 bridgehead atoms. The molecule has 0 saturated heterocycles. The van der Waals surface area contributed by atoms with Gasteiger partial charge in [-0.3, -0.25) is 4.79 Å². The summed E-state index contributed by atoms with van der Waals surface area (Å²) in [6.45, 7) is 0.608. The van der Waals surface area contributed by atoms with Crippen LogP contribution < -0.4 is 5.32 Å². The van der Waals surface area contributed by atoms with E-state index in [-0.39, 0.29) is 12.5 Å². The van der Waals surface area contributed by atoms with E-state index in [1.54, 1.807) is 15.6 Å². The van der Waals surface area contributed by atoms with E-state index >= 15 is 0 Å². The molecule has 1 N–H and O–H groups in total. The summed E-state index contributed by atoms with van der Waals surface area (Å²) in [7, 11) is 0. The van der Waals surface area contributed by atoms with E-state index in [0.29, 0.717) is 6.54 Å². The van der Waals surface area contributed by atoms with Crippen LogP contribution in [0.5, 0.6) is 0 Å². The third kappa shape index (κ3) is 3.25. The van der Waals surface area contributed by atoms with Crippen molar-refractivity contribution < 1.29 is 4.79 Å². The van der Waals surface area contributed by atoms with Crippen LogP contribution in [-0.4, -0.2) is 30.7 Å². The van der Waals surface area contributed by atoms with Gasteiger partial charge in [0, 0.05) is 18.9 Å². The zero-order valence-electron chi connectivity index (χ0n) is 13.4. The summed E-state index contributed by atoms with van der Waals surface area (Å²) < 4.78 is 3.39.